The molecule has 0 saturated carbocycles. The van der Waals surface area contributed by atoms with Crippen LogP contribution in [0.3, 0.4) is 0 Å². The highest BCUT2D eigenvalue weighted by Gasteiger charge is 2.25. The number of rotatable bonds is 3. The van der Waals surface area contributed by atoms with Gasteiger partial charge in [0.25, 0.3) is 0 Å². The van der Waals surface area contributed by atoms with Gasteiger partial charge in [-0.2, -0.15) is 0 Å². The van der Waals surface area contributed by atoms with Crippen molar-refractivity contribution < 1.29 is 0 Å². The summed E-state index contributed by atoms with van der Waals surface area (Å²) >= 11 is 0. The third-order valence-electron chi connectivity index (χ3n) is 11.4. The van der Waals surface area contributed by atoms with Crippen molar-refractivity contribution in [2.24, 2.45) is 0 Å². The topological polar surface area (TPSA) is 9.86 Å². The first-order valence-corrected chi connectivity index (χ1v) is 18.0. The molecule has 9 aromatic carbocycles. The van der Waals surface area contributed by atoms with Crippen LogP contribution in [0.2, 0.25) is 0 Å². The van der Waals surface area contributed by atoms with Crippen molar-refractivity contribution in [2.45, 2.75) is 0 Å². The lowest BCUT2D eigenvalue weighted by Gasteiger charge is -2.14. The fourth-order valence-corrected chi connectivity index (χ4v) is 9.36. The van der Waals surface area contributed by atoms with Crippen LogP contribution in [-0.4, -0.2) is 9.13 Å². The minimum atomic E-state index is 1.15. The van der Waals surface area contributed by atoms with Gasteiger partial charge < -0.3 is 9.13 Å². The molecular weight excluding hydrogens is 629 g/mol. The van der Waals surface area contributed by atoms with Crippen LogP contribution in [0.5, 0.6) is 0 Å². The largest absolute Gasteiger partial charge is 0.309 e. The Morgan fingerprint density at radius 2 is 0.750 bits per heavy atom. The van der Waals surface area contributed by atoms with E-state index >= 15 is 0 Å². The van der Waals surface area contributed by atoms with Crippen molar-refractivity contribution in [3.05, 3.63) is 182 Å². The highest BCUT2D eigenvalue weighted by atomic mass is 15.0. The minimum Gasteiger partial charge on any atom is -0.309 e. The molecule has 12 rings (SSSR count). The van der Waals surface area contributed by atoms with Crippen molar-refractivity contribution in [1.82, 2.24) is 9.13 Å². The first-order chi connectivity index (χ1) is 25.8. The predicted octanol–water partition coefficient (Wildman–Crippen LogP) is 13.5. The van der Waals surface area contributed by atoms with Crippen molar-refractivity contribution >= 4 is 65.2 Å². The van der Waals surface area contributed by atoms with Gasteiger partial charge in [0.15, 0.2) is 0 Å². The zero-order valence-electron chi connectivity index (χ0n) is 28.2. The molecule has 2 aromatic heterocycles. The Bertz CT molecular complexity index is 3240. The third kappa shape index (κ3) is 3.58. The Hall–Kier alpha value is -6.90. The standard InChI is InChI=1S/C50H30N2/c1-2-13-32(14-3-1)52-44-23-10-8-19-42(44)47-39-17-6-7-18-41(39)49-48(50(47)52)43-20-9-11-24-45(43)51(49)33-27-25-31(26-28-33)34-29-30-40-36-16-5-4-15-35(36)38-22-12-21-37(34)46(38)40/h1-30H. The van der Waals surface area contributed by atoms with Crippen LogP contribution >= 0.6 is 0 Å². The van der Waals surface area contributed by atoms with Gasteiger partial charge in [-0.3, -0.25) is 0 Å². The number of hydrogen-bond acceptors (Lipinski definition) is 0. The quantitative estimate of drug-likeness (QED) is 0.179. The SMILES string of the molecule is c1ccc(-n2c3ccccc3c3c4ccccc4c4c(c5ccccc5n4-c4ccc(-c5ccc6c7c(cccc57)-c5ccccc5-6)cc4)c32)cc1. The van der Waals surface area contributed by atoms with Gasteiger partial charge in [-0.05, 0) is 85.9 Å². The zero-order valence-corrected chi connectivity index (χ0v) is 28.2. The number of benzene rings is 9. The van der Waals surface area contributed by atoms with E-state index in [2.05, 4.69) is 191 Å². The number of para-hydroxylation sites is 3. The maximum Gasteiger partial charge on any atom is 0.0647 e. The highest BCUT2D eigenvalue weighted by molar-refractivity contribution is 6.36. The van der Waals surface area contributed by atoms with E-state index in [1.165, 1.54) is 104 Å². The molecule has 2 nitrogen and oxygen atoms in total. The summed E-state index contributed by atoms with van der Waals surface area (Å²) in [7, 11) is 0. The minimum absolute atomic E-state index is 1.15. The molecule has 0 unspecified atom stereocenters. The lowest BCUT2D eigenvalue weighted by atomic mass is 9.94. The summed E-state index contributed by atoms with van der Waals surface area (Å²) < 4.78 is 4.97. The monoisotopic (exact) mass is 658 g/mol. The van der Waals surface area contributed by atoms with Crippen LogP contribution in [-0.2, 0) is 0 Å². The van der Waals surface area contributed by atoms with E-state index in [0.717, 1.165) is 5.69 Å². The summed E-state index contributed by atoms with van der Waals surface area (Å²) in [5, 5.41) is 10.3. The summed E-state index contributed by atoms with van der Waals surface area (Å²) in [5.74, 6) is 0. The predicted molar refractivity (Wildman–Crippen MR) is 220 cm³/mol. The lowest BCUT2D eigenvalue weighted by Crippen LogP contribution is -1.96. The van der Waals surface area contributed by atoms with E-state index in [4.69, 9.17) is 0 Å². The molecule has 2 heterocycles. The molecular formula is C50H30N2. The van der Waals surface area contributed by atoms with E-state index < -0.39 is 0 Å². The third-order valence-corrected chi connectivity index (χ3v) is 11.4. The summed E-state index contributed by atoms with van der Waals surface area (Å²) in [6.45, 7) is 0. The van der Waals surface area contributed by atoms with Crippen LogP contribution in [0.25, 0.3) is 110 Å². The molecule has 2 heteroatoms. The zero-order chi connectivity index (χ0) is 33.9. The van der Waals surface area contributed by atoms with Crippen LogP contribution < -0.4 is 0 Å². The Balaban J connectivity index is 1.15. The second-order valence-electron chi connectivity index (χ2n) is 14.0. The molecule has 52 heavy (non-hydrogen) atoms. The fourth-order valence-electron chi connectivity index (χ4n) is 9.36. The summed E-state index contributed by atoms with van der Waals surface area (Å²) in [6, 6.07) is 67.0. The average molecular weight is 659 g/mol. The van der Waals surface area contributed by atoms with Crippen molar-refractivity contribution in [2.75, 3.05) is 0 Å². The molecule has 1 aliphatic rings. The molecule has 1 aliphatic carbocycles. The van der Waals surface area contributed by atoms with E-state index in [9.17, 15) is 0 Å². The van der Waals surface area contributed by atoms with Gasteiger partial charge in [-0.15, -0.1) is 0 Å². The molecule has 11 aromatic rings. The molecule has 0 N–H and O–H groups in total. The molecule has 0 atom stereocenters. The Kier molecular flexibility index (Phi) is 5.53. The molecule has 0 spiro atoms. The van der Waals surface area contributed by atoms with Gasteiger partial charge in [0.1, 0.15) is 0 Å². The number of nitrogens with zero attached hydrogens (tertiary/aromatic N) is 2. The first kappa shape index (κ1) is 27.9. The first-order valence-electron chi connectivity index (χ1n) is 18.0. The number of hydrogen-bond donors (Lipinski definition) is 0. The number of aromatic nitrogens is 2. The highest BCUT2D eigenvalue weighted by Crippen LogP contribution is 2.50. The Morgan fingerprint density at radius 3 is 1.48 bits per heavy atom. The fraction of sp³-hybridized carbons (Fsp3) is 0. The maximum atomic E-state index is 2.49. The molecule has 0 radical (unpaired) electrons. The summed E-state index contributed by atoms with van der Waals surface area (Å²) in [6.07, 6.45) is 0. The van der Waals surface area contributed by atoms with E-state index in [0.29, 0.717) is 0 Å². The smallest absolute Gasteiger partial charge is 0.0647 e. The van der Waals surface area contributed by atoms with Crippen LogP contribution in [0.15, 0.2) is 182 Å². The van der Waals surface area contributed by atoms with Crippen molar-refractivity contribution in [3.63, 3.8) is 0 Å². The summed E-state index contributed by atoms with van der Waals surface area (Å²) in [5.41, 5.74) is 15.0. The number of fused-ring (bicyclic) bond motifs is 13. The molecule has 0 aliphatic heterocycles. The van der Waals surface area contributed by atoms with E-state index in [1.807, 2.05) is 0 Å². The second-order valence-corrected chi connectivity index (χ2v) is 14.0. The summed E-state index contributed by atoms with van der Waals surface area (Å²) in [4.78, 5) is 0. The molecule has 0 fully saturated rings. The Morgan fingerprint density at radius 1 is 0.250 bits per heavy atom. The van der Waals surface area contributed by atoms with Gasteiger partial charge in [0.05, 0.1) is 22.1 Å². The van der Waals surface area contributed by atoms with Gasteiger partial charge in [0.2, 0.25) is 0 Å². The lowest BCUT2D eigenvalue weighted by molar-refractivity contribution is 1.18. The van der Waals surface area contributed by atoms with Crippen molar-refractivity contribution in [1.29, 1.82) is 0 Å². The van der Waals surface area contributed by atoms with Gasteiger partial charge in [-0.1, -0.05) is 146 Å². The van der Waals surface area contributed by atoms with Crippen LogP contribution in [0.4, 0.5) is 0 Å². The maximum absolute atomic E-state index is 2.49. The van der Waals surface area contributed by atoms with Gasteiger partial charge >= 0.3 is 0 Å². The Labute approximate surface area is 300 Å². The van der Waals surface area contributed by atoms with Crippen LogP contribution in [0, 0.1) is 0 Å². The van der Waals surface area contributed by atoms with Gasteiger partial charge in [-0.25, -0.2) is 0 Å². The molecule has 240 valence electrons. The molecule has 0 amide bonds. The van der Waals surface area contributed by atoms with E-state index in [-0.39, 0.29) is 0 Å². The second kappa shape index (κ2) is 10.3. The normalized spacial score (nSPS) is 12.2. The molecule has 0 saturated heterocycles. The molecule has 0 bridgehead atoms. The van der Waals surface area contributed by atoms with Crippen LogP contribution in [0.1, 0.15) is 0 Å². The average Bonchev–Trinajstić information content (AvgIpc) is 3.86. The van der Waals surface area contributed by atoms with E-state index in [1.54, 1.807) is 0 Å². The van der Waals surface area contributed by atoms with Crippen molar-refractivity contribution in [3.8, 4) is 44.8 Å². The van der Waals surface area contributed by atoms with Gasteiger partial charge in [0, 0.05) is 38.3 Å².